The van der Waals surface area contributed by atoms with Crippen molar-refractivity contribution >= 4 is 22.8 Å². The summed E-state index contributed by atoms with van der Waals surface area (Å²) in [5, 5.41) is 11.9. The summed E-state index contributed by atoms with van der Waals surface area (Å²) in [5.74, 6) is 2.01. The molecule has 2 fully saturated rings. The summed E-state index contributed by atoms with van der Waals surface area (Å²) in [6.45, 7) is 4.27. The van der Waals surface area contributed by atoms with Gasteiger partial charge in [0.2, 0.25) is 5.91 Å². The number of nitrogens with zero attached hydrogens (tertiary/aromatic N) is 4. The molecule has 0 radical (unpaired) electrons. The minimum atomic E-state index is 0.287. The molecule has 0 spiro atoms. The van der Waals surface area contributed by atoms with Gasteiger partial charge < -0.3 is 10.2 Å². The zero-order chi connectivity index (χ0) is 22.6. The number of anilines is 1. The van der Waals surface area contributed by atoms with E-state index >= 15 is 0 Å². The van der Waals surface area contributed by atoms with Gasteiger partial charge in [0.25, 0.3) is 0 Å². The van der Waals surface area contributed by atoms with E-state index in [1.54, 1.807) is 0 Å². The molecule has 3 aromatic rings. The van der Waals surface area contributed by atoms with Gasteiger partial charge in [-0.05, 0) is 62.8 Å². The Labute approximate surface area is 195 Å². The van der Waals surface area contributed by atoms with Crippen LogP contribution >= 0.6 is 0 Å². The van der Waals surface area contributed by atoms with Crippen LogP contribution in [0.1, 0.15) is 74.4 Å². The molecule has 1 aliphatic carbocycles. The third kappa shape index (κ3) is 5.18. The Balaban J connectivity index is 1.23. The average molecular weight is 447 g/mol. The number of carbonyl (C=O) groups excluding carboxylic acids is 1. The van der Waals surface area contributed by atoms with Gasteiger partial charge in [0.05, 0.1) is 17.6 Å². The van der Waals surface area contributed by atoms with Crippen LogP contribution in [0.15, 0.2) is 30.3 Å². The molecule has 33 heavy (non-hydrogen) atoms. The van der Waals surface area contributed by atoms with Crippen molar-refractivity contribution in [2.45, 2.75) is 70.8 Å². The number of carbonyl (C=O) groups is 1. The van der Waals surface area contributed by atoms with Gasteiger partial charge in [-0.15, -0.1) is 0 Å². The maximum Gasteiger partial charge on any atom is 0.222 e. The van der Waals surface area contributed by atoms with Crippen molar-refractivity contribution in [1.29, 1.82) is 0 Å². The Bertz CT molecular complexity index is 1100. The summed E-state index contributed by atoms with van der Waals surface area (Å²) in [6, 6.07) is 10.2. The highest BCUT2D eigenvalue weighted by molar-refractivity contribution is 5.87. The molecule has 2 aliphatic rings. The van der Waals surface area contributed by atoms with Crippen LogP contribution in [0.3, 0.4) is 0 Å². The summed E-state index contributed by atoms with van der Waals surface area (Å²) in [4.78, 5) is 24.5. The van der Waals surface area contributed by atoms with Gasteiger partial charge in [-0.1, -0.05) is 25.3 Å². The van der Waals surface area contributed by atoms with Gasteiger partial charge in [0, 0.05) is 36.8 Å². The van der Waals surface area contributed by atoms with Crippen molar-refractivity contribution < 1.29 is 4.79 Å². The lowest BCUT2D eigenvalue weighted by molar-refractivity contribution is -0.133. The molecular weight excluding hydrogens is 412 g/mol. The number of rotatable bonds is 6. The number of pyridine rings is 2. The van der Waals surface area contributed by atoms with Crippen LogP contribution in [0.5, 0.6) is 0 Å². The standard InChI is InChI=1S/C26H34N6O/c1-18-7-5-11-21(28-18)16-27-25-22-12-13-23(29-26(22)31-30-25)20-10-6-14-32(17-20)24(33)15-19-8-3-2-4-9-19/h5,7,11-13,19-20H,2-4,6,8-10,14-17H2,1H3,(H2,27,29,30,31)/t20-/m0/s1. The molecule has 7 heteroatoms. The lowest BCUT2D eigenvalue weighted by Crippen LogP contribution is -2.40. The lowest BCUT2D eigenvalue weighted by atomic mass is 9.86. The molecule has 2 N–H and O–H groups in total. The zero-order valence-electron chi connectivity index (χ0n) is 19.5. The van der Waals surface area contributed by atoms with Crippen molar-refractivity contribution in [3.8, 4) is 0 Å². The van der Waals surface area contributed by atoms with Crippen molar-refractivity contribution in [2.75, 3.05) is 18.4 Å². The Kier molecular flexibility index (Phi) is 6.55. The molecule has 1 atom stereocenters. The van der Waals surface area contributed by atoms with Crippen LogP contribution in [0, 0.1) is 12.8 Å². The predicted octanol–water partition coefficient (Wildman–Crippen LogP) is 4.95. The third-order valence-corrected chi connectivity index (χ3v) is 7.21. The van der Waals surface area contributed by atoms with E-state index < -0.39 is 0 Å². The highest BCUT2D eigenvalue weighted by Crippen LogP contribution is 2.31. The van der Waals surface area contributed by atoms with E-state index in [4.69, 9.17) is 4.98 Å². The average Bonchev–Trinajstić information content (AvgIpc) is 3.26. The Morgan fingerprint density at radius 1 is 1.09 bits per heavy atom. The van der Waals surface area contributed by atoms with Crippen LogP contribution in [-0.4, -0.2) is 44.1 Å². The highest BCUT2D eigenvalue weighted by atomic mass is 16.2. The fourth-order valence-corrected chi connectivity index (χ4v) is 5.37. The van der Waals surface area contributed by atoms with Crippen molar-refractivity contribution in [3.05, 3.63) is 47.4 Å². The first-order valence-electron chi connectivity index (χ1n) is 12.4. The topological polar surface area (TPSA) is 86.8 Å². The van der Waals surface area contributed by atoms with Crippen LogP contribution in [0.2, 0.25) is 0 Å². The molecule has 1 saturated heterocycles. The monoisotopic (exact) mass is 446 g/mol. The number of hydrogen-bond acceptors (Lipinski definition) is 5. The van der Waals surface area contributed by atoms with Gasteiger partial charge in [-0.2, -0.15) is 5.10 Å². The van der Waals surface area contributed by atoms with Gasteiger partial charge >= 0.3 is 0 Å². The molecule has 1 aliphatic heterocycles. The normalized spacial score (nSPS) is 19.7. The van der Waals surface area contributed by atoms with Gasteiger partial charge in [-0.25, -0.2) is 4.98 Å². The second-order valence-electron chi connectivity index (χ2n) is 9.72. The number of aromatic nitrogens is 4. The fraction of sp³-hybridized carbons (Fsp3) is 0.538. The van der Waals surface area contributed by atoms with Gasteiger partial charge in [0.1, 0.15) is 0 Å². The summed E-state index contributed by atoms with van der Waals surface area (Å²) in [6.07, 6.45) is 9.18. The quantitative estimate of drug-likeness (QED) is 0.559. The SMILES string of the molecule is Cc1cccc(CNc2n[nH]c3nc([C@H]4CCCN(C(=O)CC5CCCCC5)C4)ccc23)n1. The van der Waals surface area contributed by atoms with E-state index in [-0.39, 0.29) is 5.92 Å². The smallest absolute Gasteiger partial charge is 0.222 e. The lowest BCUT2D eigenvalue weighted by Gasteiger charge is -2.34. The minimum Gasteiger partial charge on any atom is -0.362 e. The summed E-state index contributed by atoms with van der Waals surface area (Å²) in [5.41, 5.74) is 3.83. The first kappa shape index (κ1) is 21.9. The third-order valence-electron chi connectivity index (χ3n) is 7.21. The highest BCUT2D eigenvalue weighted by Gasteiger charge is 2.28. The minimum absolute atomic E-state index is 0.287. The Hall–Kier alpha value is -2.96. The van der Waals surface area contributed by atoms with Crippen LogP contribution < -0.4 is 5.32 Å². The first-order valence-corrected chi connectivity index (χ1v) is 12.4. The number of likely N-dealkylation sites (tertiary alicyclic amines) is 1. The van der Waals surface area contributed by atoms with Crippen LogP contribution in [0.25, 0.3) is 11.0 Å². The second kappa shape index (κ2) is 9.89. The maximum absolute atomic E-state index is 12.9. The number of aryl methyl sites for hydroxylation is 1. The number of fused-ring (bicyclic) bond motifs is 1. The maximum atomic E-state index is 12.9. The van der Waals surface area contributed by atoms with Gasteiger partial charge in [-0.3, -0.25) is 14.9 Å². The first-order chi connectivity index (χ1) is 16.2. The van der Waals surface area contributed by atoms with Crippen LogP contribution in [-0.2, 0) is 11.3 Å². The molecule has 0 bridgehead atoms. The molecule has 5 rings (SSSR count). The summed E-state index contributed by atoms with van der Waals surface area (Å²) >= 11 is 0. The van der Waals surface area contributed by atoms with Crippen LogP contribution in [0.4, 0.5) is 5.82 Å². The number of H-pyrrole nitrogens is 1. The number of hydrogen-bond donors (Lipinski definition) is 2. The molecule has 4 heterocycles. The molecule has 1 amide bonds. The summed E-state index contributed by atoms with van der Waals surface area (Å²) in [7, 11) is 0. The Morgan fingerprint density at radius 2 is 1.97 bits per heavy atom. The number of piperidine rings is 1. The Morgan fingerprint density at radius 3 is 2.82 bits per heavy atom. The molecule has 174 valence electrons. The van der Waals surface area contributed by atoms with Gasteiger partial charge in [0.15, 0.2) is 11.5 Å². The number of aromatic amines is 1. The molecule has 3 aromatic heterocycles. The van der Waals surface area contributed by atoms with Crippen molar-refractivity contribution in [3.63, 3.8) is 0 Å². The molecule has 1 saturated carbocycles. The molecule has 0 aromatic carbocycles. The number of nitrogens with one attached hydrogen (secondary N) is 2. The molecular formula is C26H34N6O. The predicted molar refractivity (Wildman–Crippen MR) is 130 cm³/mol. The fourth-order valence-electron chi connectivity index (χ4n) is 5.37. The largest absolute Gasteiger partial charge is 0.362 e. The molecule has 7 nitrogen and oxygen atoms in total. The number of amides is 1. The van der Waals surface area contributed by atoms with E-state index in [2.05, 4.69) is 37.5 Å². The molecule has 0 unspecified atom stereocenters. The van der Waals surface area contributed by atoms with E-state index in [0.29, 0.717) is 18.4 Å². The van der Waals surface area contributed by atoms with E-state index in [9.17, 15) is 4.79 Å². The van der Waals surface area contributed by atoms with Crippen molar-refractivity contribution in [1.82, 2.24) is 25.1 Å². The van der Waals surface area contributed by atoms with E-state index in [0.717, 1.165) is 66.3 Å². The zero-order valence-corrected chi connectivity index (χ0v) is 19.5. The van der Waals surface area contributed by atoms with E-state index in [1.807, 2.05) is 25.1 Å². The van der Waals surface area contributed by atoms with E-state index in [1.165, 1.54) is 32.1 Å². The second-order valence-corrected chi connectivity index (χ2v) is 9.72. The van der Waals surface area contributed by atoms with Crippen molar-refractivity contribution in [2.24, 2.45) is 5.92 Å². The summed E-state index contributed by atoms with van der Waals surface area (Å²) < 4.78 is 0.